The molecular formula is C15H20BrNO. The Bertz CT molecular complexity index is 440. The third kappa shape index (κ3) is 2.94. The highest BCUT2D eigenvalue weighted by Gasteiger charge is 2.24. The summed E-state index contributed by atoms with van der Waals surface area (Å²) in [5, 5.41) is 0. The molecule has 0 radical (unpaired) electrons. The van der Waals surface area contributed by atoms with Crippen LogP contribution in [-0.2, 0) is 0 Å². The molecular weight excluding hydrogens is 290 g/mol. The molecule has 1 aromatic carbocycles. The number of nitrogens with zero attached hydrogens (tertiary/aromatic N) is 1. The van der Waals surface area contributed by atoms with Crippen LogP contribution < -0.4 is 0 Å². The lowest BCUT2D eigenvalue weighted by Crippen LogP contribution is -2.37. The summed E-state index contributed by atoms with van der Waals surface area (Å²) in [4.78, 5) is 14.5. The molecule has 2 nitrogen and oxygen atoms in total. The van der Waals surface area contributed by atoms with Crippen molar-refractivity contribution >= 4 is 21.8 Å². The van der Waals surface area contributed by atoms with Gasteiger partial charge in [-0.1, -0.05) is 12.5 Å². The maximum atomic E-state index is 12.5. The molecule has 1 aromatic rings. The first-order valence-corrected chi connectivity index (χ1v) is 7.46. The van der Waals surface area contributed by atoms with E-state index in [-0.39, 0.29) is 5.91 Å². The van der Waals surface area contributed by atoms with Crippen LogP contribution in [0.1, 0.15) is 42.1 Å². The Morgan fingerprint density at radius 1 is 1.44 bits per heavy atom. The number of hydrogen-bond donors (Lipinski definition) is 0. The van der Waals surface area contributed by atoms with Gasteiger partial charge < -0.3 is 4.90 Å². The summed E-state index contributed by atoms with van der Waals surface area (Å²) < 4.78 is 0.902. The molecule has 98 valence electrons. The van der Waals surface area contributed by atoms with Crippen LogP contribution in [0.2, 0.25) is 0 Å². The van der Waals surface area contributed by atoms with Gasteiger partial charge in [-0.25, -0.2) is 0 Å². The van der Waals surface area contributed by atoms with E-state index in [0.29, 0.717) is 0 Å². The molecule has 1 saturated carbocycles. The van der Waals surface area contributed by atoms with Crippen molar-refractivity contribution in [3.63, 3.8) is 0 Å². The van der Waals surface area contributed by atoms with Crippen molar-refractivity contribution in [3.05, 3.63) is 33.8 Å². The smallest absolute Gasteiger partial charge is 0.254 e. The molecule has 0 atom stereocenters. The fourth-order valence-electron chi connectivity index (χ4n) is 2.31. The third-order valence-electron chi connectivity index (χ3n) is 3.73. The molecule has 1 aliphatic rings. The fraction of sp³-hybridized carbons (Fsp3) is 0.533. The lowest BCUT2D eigenvalue weighted by molar-refractivity contribution is 0.0705. The second-order valence-corrected chi connectivity index (χ2v) is 5.98. The molecule has 0 aliphatic heterocycles. The minimum Gasteiger partial charge on any atom is -0.339 e. The Hall–Kier alpha value is -0.830. The maximum Gasteiger partial charge on any atom is 0.254 e. The zero-order valence-electron chi connectivity index (χ0n) is 11.1. The highest BCUT2D eigenvalue weighted by atomic mass is 79.9. The molecule has 2 rings (SSSR count). The first-order valence-electron chi connectivity index (χ1n) is 6.67. The first-order chi connectivity index (χ1) is 8.61. The van der Waals surface area contributed by atoms with Crippen LogP contribution in [0.3, 0.4) is 0 Å². The van der Waals surface area contributed by atoms with E-state index in [1.807, 2.05) is 30.0 Å². The minimum atomic E-state index is 0.149. The topological polar surface area (TPSA) is 20.3 Å². The van der Waals surface area contributed by atoms with Gasteiger partial charge in [-0.3, -0.25) is 4.79 Å². The van der Waals surface area contributed by atoms with Crippen molar-refractivity contribution in [1.29, 1.82) is 0 Å². The number of rotatable bonds is 4. The summed E-state index contributed by atoms with van der Waals surface area (Å²) >= 11 is 3.49. The molecule has 0 aromatic heterocycles. The second kappa shape index (κ2) is 5.87. The predicted octanol–water partition coefficient (Wildman–Crippen LogP) is 4.02. The SMILES string of the molecule is CCN(CC1CCC1)C(=O)c1ccc(C)cc1Br. The van der Waals surface area contributed by atoms with E-state index in [2.05, 4.69) is 22.9 Å². The summed E-state index contributed by atoms with van der Waals surface area (Å²) in [6.45, 7) is 5.79. The monoisotopic (exact) mass is 309 g/mol. The molecule has 0 unspecified atom stereocenters. The zero-order valence-corrected chi connectivity index (χ0v) is 12.7. The van der Waals surface area contributed by atoms with E-state index in [1.54, 1.807) is 0 Å². The van der Waals surface area contributed by atoms with Gasteiger partial charge in [0.1, 0.15) is 0 Å². The van der Waals surface area contributed by atoms with Crippen LogP contribution >= 0.6 is 15.9 Å². The molecule has 1 amide bonds. The van der Waals surface area contributed by atoms with Gasteiger partial charge in [0.2, 0.25) is 0 Å². The second-order valence-electron chi connectivity index (χ2n) is 5.12. The van der Waals surface area contributed by atoms with Crippen LogP contribution in [0.15, 0.2) is 22.7 Å². The van der Waals surface area contributed by atoms with Crippen molar-refractivity contribution in [2.45, 2.75) is 33.1 Å². The zero-order chi connectivity index (χ0) is 13.1. The molecule has 0 N–H and O–H groups in total. The van der Waals surface area contributed by atoms with Gasteiger partial charge in [-0.15, -0.1) is 0 Å². The fourth-order valence-corrected chi connectivity index (χ4v) is 2.97. The molecule has 1 aliphatic carbocycles. The van der Waals surface area contributed by atoms with Gasteiger partial charge in [0.25, 0.3) is 5.91 Å². The summed E-state index contributed by atoms with van der Waals surface area (Å²) in [7, 11) is 0. The molecule has 0 bridgehead atoms. The largest absolute Gasteiger partial charge is 0.339 e. The van der Waals surface area contributed by atoms with E-state index in [4.69, 9.17) is 0 Å². The van der Waals surface area contributed by atoms with Gasteiger partial charge in [-0.05, 0) is 66.2 Å². The van der Waals surface area contributed by atoms with Crippen molar-refractivity contribution in [3.8, 4) is 0 Å². The van der Waals surface area contributed by atoms with Gasteiger partial charge in [0.15, 0.2) is 0 Å². The number of halogens is 1. The van der Waals surface area contributed by atoms with Crippen molar-refractivity contribution < 1.29 is 4.79 Å². The molecule has 0 spiro atoms. The number of aryl methyl sites for hydroxylation is 1. The Balaban J connectivity index is 2.11. The summed E-state index contributed by atoms with van der Waals surface area (Å²) in [5.41, 5.74) is 1.95. The first kappa shape index (κ1) is 13.6. The Labute approximate surface area is 117 Å². The van der Waals surface area contributed by atoms with Crippen LogP contribution in [0.5, 0.6) is 0 Å². The average Bonchev–Trinajstić information content (AvgIpc) is 2.27. The summed E-state index contributed by atoms with van der Waals surface area (Å²) in [5.74, 6) is 0.870. The highest BCUT2D eigenvalue weighted by molar-refractivity contribution is 9.10. The number of benzene rings is 1. The number of carbonyl (C=O) groups is 1. The lowest BCUT2D eigenvalue weighted by Gasteiger charge is -2.32. The van der Waals surface area contributed by atoms with Crippen LogP contribution in [-0.4, -0.2) is 23.9 Å². The lowest BCUT2D eigenvalue weighted by atomic mass is 9.85. The van der Waals surface area contributed by atoms with Gasteiger partial charge in [0.05, 0.1) is 5.56 Å². The number of amides is 1. The van der Waals surface area contributed by atoms with E-state index in [9.17, 15) is 4.79 Å². The summed E-state index contributed by atoms with van der Waals surface area (Å²) in [6.07, 6.45) is 3.88. The quantitative estimate of drug-likeness (QED) is 0.822. The number of carbonyl (C=O) groups excluding carboxylic acids is 1. The number of hydrogen-bond acceptors (Lipinski definition) is 1. The molecule has 0 heterocycles. The molecule has 3 heteroatoms. The Kier molecular flexibility index (Phi) is 4.44. The standard InChI is InChI=1S/C15H20BrNO/c1-3-17(10-12-5-4-6-12)15(18)13-8-7-11(2)9-14(13)16/h7-9,12H,3-6,10H2,1-2H3. The Morgan fingerprint density at radius 2 is 2.17 bits per heavy atom. The van der Waals surface area contributed by atoms with Crippen molar-refractivity contribution in [1.82, 2.24) is 4.90 Å². The minimum absolute atomic E-state index is 0.149. The molecule has 0 saturated heterocycles. The van der Waals surface area contributed by atoms with Crippen molar-refractivity contribution in [2.24, 2.45) is 5.92 Å². The van der Waals surface area contributed by atoms with Gasteiger partial charge in [-0.2, -0.15) is 0 Å². The molecule has 1 fully saturated rings. The van der Waals surface area contributed by atoms with E-state index < -0.39 is 0 Å². The maximum absolute atomic E-state index is 12.5. The van der Waals surface area contributed by atoms with E-state index in [0.717, 1.165) is 29.0 Å². The predicted molar refractivity (Wildman–Crippen MR) is 77.8 cm³/mol. The molecule has 18 heavy (non-hydrogen) atoms. The van der Waals surface area contributed by atoms with Crippen molar-refractivity contribution in [2.75, 3.05) is 13.1 Å². The van der Waals surface area contributed by atoms with Gasteiger partial charge >= 0.3 is 0 Å². The van der Waals surface area contributed by atoms with Gasteiger partial charge in [0, 0.05) is 17.6 Å². The van der Waals surface area contributed by atoms with Crippen LogP contribution in [0, 0.1) is 12.8 Å². The van der Waals surface area contributed by atoms with E-state index in [1.165, 1.54) is 24.8 Å². The summed E-state index contributed by atoms with van der Waals surface area (Å²) in [6, 6.07) is 5.92. The van der Waals surface area contributed by atoms with E-state index >= 15 is 0 Å². The normalized spacial score (nSPS) is 15.3. The van der Waals surface area contributed by atoms with Crippen LogP contribution in [0.4, 0.5) is 0 Å². The average molecular weight is 310 g/mol. The Morgan fingerprint density at radius 3 is 2.67 bits per heavy atom. The third-order valence-corrected chi connectivity index (χ3v) is 4.38. The van der Waals surface area contributed by atoms with Crippen LogP contribution in [0.25, 0.3) is 0 Å². The highest BCUT2D eigenvalue weighted by Crippen LogP contribution is 2.28.